The van der Waals surface area contributed by atoms with Gasteiger partial charge in [-0.25, -0.2) is 0 Å². The molecular weight excluding hydrogens is 777 g/mol. The van der Waals surface area contributed by atoms with Crippen molar-refractivity contribution in [3.63, 3.8) is 0 Å². The average Bonchev–Trinajstić information content (AvgIpc) is 3.87. The second kappa shape index (κ2) is 14.3. The molecule has 0 saturated heterocycles. The van der Waals surface area contributed by atoms with Gasteiger partial charge >= 0.3 is 0 Å². The SMILES string of the molecule is COc1cc(-c2c3cccc(-c4ccc5c6ccccc6n(-c6ccccc6)c5c4)c3cc3c(-c4ccc5c6ccccc6n(-c6ccccc6)c5c4)cccc23)c2ccccc2c1. The molecule has 2 aromatic heterocycles. The summed E-state index contributed by atoms with van der Waals surface area (Å²) in [5.74, 6) is 0.838. The summed E-state index contributed by atoms with van der Waals surface area (Å²) in [6.07, 6.45) is 0. The van der Waals surface area contributed by atoms with Crippen LogP contribution >= 0.6 is 0 Å². The quantitative estimate of drug-likeness (QED) is 0.153. The van der Waals surface area contributed by atoms with Crippen molar-refractivity contribution < 1.29 is 4.74 Å². The Hall–Kier alpha value is -8.40. The lowest BCUT2D eigenvalue weighted by molar-refractivity contribution is 0.415. The van der Waals surface area contributed by atoms with Gasteiger partial charge in [0.05, 0.1) is 29.2 Å². The molecule has 0 saturated carbocycles. The van der Waals surface area contributed by atoms with Crippen LogP contribution < -0.4 is 4.74 Å². The molecule has 0 fully saturated rings. The highest BCUT2D eigenvalue weighted by Crippen LogP contribution is 2.47. The maximum absolute atomic E-state index is 6.02. The molecule has 0 amide bonds. The minimum absolute atomic E-state index is 0.838. The normalized spacial score (nSPS) is 11.8. The first-order valence-electron chi connectivity index (χ1n) is 22.0. The van der Waals surface area contributed by atoms with Crippen LogP contribution in [0.15, 0.2) is 224 Å². The smallest absolute Gasteiger partial charge is 0.120 e. The Kier molecular flexibility index (Phi) is 8.13. The van der Waals surface area contributed by atoms with Gasteiger partial charge in [-0.1, -0.05) is 158 Å². The van der Waals surface area contributed by atoms with Gasteiger partial charge in [0.1, 0.15) is 5.75 Å². The maximum atomic E-state index is 6.02. The zero-order valence-corrected chi connectivity index (χ0v) is 35.2. The maximum Gasteiger partial charge on any atom is 0.120 e. The molecule has 13 aromatic rings. The summed E-state index contributed by atoms with van der Waals surface area (Å²) in [4.78, 5) is 0. The third-order valence-corrected chi connectivity index (χ3v) is 13.4. The zero-order valence-electron chi connectivity index (χ0n) is 35.2. The standard InChI is InChI=1S/C61H40N2O/c1-64-44-34-39-16-8-9-21-47(39)56(37-44)61-52-26-14-24-45(40-30-32-50-48-22-10-12-28-57(48)62(59(50)35-40)42-17-4-2-5-18-42)54(52)38-55-46(25-15-27-53(55)61)41-31-33-51-49-23-11-13-29-58(49)63(60(51)36-41)43-19-6-3-7-20-43/h2-38H,1H3. The van der Waals surface area contributed by atoms with Crippen LogP contribution in [-0.2, 0) is 0 Å². The first kappa shape index (κ1) is 36.3. The lowest BCUT2D eigenvalue weighted by atomic mass is 9.85. The highest BCUT2D eigenvalue weighted by Gasteiger charge is 2.21. The molecule has 0 unspecified atom stereocenters. The minimum Gasteiger partial charge on any atom is -0.497 e. The number of nitrogens with zero attached hydrogens (tertiary/aromatic N) is 2. The van der Waals surface area contributed by atoms with E-state index in [2.05, 4.69) is 234 Å². The number of hydrogen-bond donors (Lipinski definition) is 0. The zero-order chi connectivity index (χ0) is 42.3. The van der Waals surface area contributed by atoms with Crippen LogP contribution in [0, 0.1) is 0 Å². The van der Waals surface area contributed by atoms with Crippen molar-refractivity contribution in [2.75, 3.05) is 7.11 Å². The Morgan fingerprint density at radius 3 is 1.28 bits per heavy atom. The van der Waals surface area contributed by atoms with E-state index in [4.69, 9.17) is 4.74 Å². The van der Waals surface area contributed by atoms with Crippen LogP contribution in [0.5, 0.6) is 5.75 Å². The molecular formula is C61H40N2O. The number of benzene rings is 11. The minimum atomic E-state index is 0.838. The molecule has 3 nitrogen and oxygen atoms in total. The lowest BCUT2D eigenvalue weighted by Gasteiger charge is -2.19. The second-order valence-electron chi connectivity index (χ2n) is 16.8. The Bertz CT molecular complexity index is 3770. The van der Waals surface area contributed by atoms with Crippen molar-refractivity contribution in [1.29, 1.82) is 0 Å². The van der Waals surface area contributed by atoms with Gasteiger partial charge < -0.3 is 13.9 Å². The molecule has 300 valence electrons. The van der Waals surface area contributed by atoms with E-state index in [-0.39, 0.29) is 0 Å². The highest BCUT2D eigenvalue weighted by molar-refractivity contribution is 6.22. The van der Waals surface area contributed by atoms with E-state index in [9.17, 15) is 0 Å². The predicted molar refractivity (Wildman–Crippen MR) is 270 cm³/mol. The molecule has 11 aromatic carbocycles. The third kappa shape index (κ3) is 5.47. The summed E-state index contributed by atoms with van der Waals surface area (Å²) in [5.41, 5.74) is 14.1. The van der Waals surface area contributed by atoms with E-state index in [0.29, 0.717) is 0 Å². The summed E-state index contributed by atoms with van der Waals surface area (Å²) >= 11 is 0. The fraction of sp³-hybridized carbons (Fsp3) is 0.0164. The summed E-state index contributed by atoms with van der Waals surface area (Å²) in [7, 11) is 1.76. The van der Waals surface area contributed by atoms with Gasteiger partial charge in [-0.2, -0.15) is 0 Å². The lowest BCUT2D eigenvalue weighted by Crippen LogP contribution is -1.94. The molecule has 0 atom stereocenters. The van der Waals surface area contributed by atoms with Gasteiger partial charge in [0.15, 0.2) is 0 Å². The molecule has 13 rings (SSSR count). The van der Waals surface area contributed by atoms with Crippen molar-refractivity contribution in [2.45, 2.75) is 0 Å². The van der Waals surface area contributed by atoms with Gasteiger partial charge in [0.2, 0.25) is 0 Å². The van der Waals surface area contributed by atoms with Gasteiger partial charge in [-0.05, 0) is 132 Å². The molecule has 3 heteroatoms. The van der Waals surface area contributed by atoms with Gasteiger partial charge in [0.25, 0.3) is 0 Å². The number of aromatic nitrogens is 2. The fourth-order valence-corrected chi connectivity index (χ4v) is 10.6. The molecule has 0 bridgehead atoms. The van der Waals surface area contributed by atoms with Crippen LogP contribution in [0.4, 0.5) is 0 Å². The topological polar surface area (TPSA) is 19.1 Å². The van der Waals surface area contributed by atoms with E-state index >= 15 is 0 Å². The third-order valence-electron chi connectivity index (χ3n) is 13.4. The largest absolute Gasteiger partial charge is 0.497 e. The Labute approximate surface area is 370 Å². The second-order valence-corrected chi connectivity index (χ2v) is 16.8. The van der Waals surface area contributed by atoms with E-state index in [0.717, 1.165) is 28.1 Å². The van der Waals surface area contributed by atoms with Gasteiger partial charge in [0, 0.05) is 32.9 Å². The van der Waals surface area contributed by atoms with E-state index in [1.54, 1.807) is 7.11 Å². The first-order chi connectivity index (χ1) is 31.7. The van der Waals surface area contributed by atoms with Gasteiger partial charge in [-0.3, -0.25) is 0 Å². The molecule has 0 aliphatic rings. The van der Waals surface area contributed by atoms with Gasteiger partial charge in [-0.15, -0.1) is 0 Å². The van der Waals surface area contributed by atoms with Crippen LogP contribution in [0.1, 0.15) is 0 Å². The van der Waals surface area contributed by atoms with Crippen molar-refractivity contribution in [3.05, 3.63) is 224 Å². The number of methoxy groups -OCH3 is 1. The van der Waals surface area contributed by atoms with E-state index < -0.39 is 0 Å². The molecule has 0 spiro atoms. The number of hydrogen-bond acceptors (Lipinski definition) is 1. The fourth-order valence-electron chi connectivity index (χ4n) is 10.6. The highest BCUT2D eigenvalue weighted by atomic mass is 16.5. The average molecular weight is 817 g/mol. The number of fused-ring (bicyclic) bond motifs is 9. The van der Waals surface area contributed by atoms with E-state index in [1.807, 2.05) is 0 Å². The number of ether oxygens (including phenoxy) is 1. The Morgan fingerprint density at radius 2 is 0.750 bits per heavy atom. The molecule has 2 heterocycles. The summed E-state index contributed by atoms with van der Waals surface area (Å²) in [5, 5.41) is 12.1. The van der Waals surface area contributed by atoms with Crippen molar-refractivity contribution in [3.8, 4) is 50.5 Å². The monoisotopic (exact) mass is 816 g/mol. The van der Waals surface area contributed by atoms with Crippen LogP contribution in [0.25, 0.3) is 121 Å². The number of rotatable bonds is 6. The van der Waals surface area contributed by atoms with E-state index in [1.165, 1.54) is 98.4 Å². The molecule has 0 aliphatic heterocycles. The Balaban J connectivity index is 1.13. The molecule has 64 heavy (non-hydrogen) atoms. The molecule has 0 N–H and O–H groups in total. The van der Waals surface area contributed by atoms with Crippen molar-refractivity contribution in [2.24, 2.45) is 0 Å². The van der Waals surface area contributed by atoms with Crippen LogP contribution in [-0.4, -0.2) is 16.2 Å². The number of para-hydroxylation sites is 4. The first-order valence-corrected chi connectivity index (χ1v) is 22.0. The molecule has 0 aliphatic carbocycles. The summed E-state index contributed by atoms with van der Waals surface area (Å²) < 4.78 is 10.8. The molecule has 0 radical (unpaired) electrons. The van der Waals surface area contributed by atoms with Crippen LogP contribution in [0.2, 0.25) is 0 Å². The summed E-state index contributed by atoms with van der Waals surface area (Å²) in [6, 6.07) is 82.2. The van der Waals surface area contributed by atoms with Crippen LogP contribution in [0.3, 0.4) is 0 Å². The van der Waals surface area contributed by atoms with Crippen molar-refractivity contribution in [1.82, 2.24) is 9.13 Å². The predicted octanol–water partition coefficient (Wildman–Crippen LogP) is 16.3. The Morgan fingerprint density at radius 1 is 0.297 bits per heavy atom. The van der Waals surface area contributed by atoms with Crippen molar-refractivity contribution >= 4 is 75.9 Å². The summed E-state index contributed by atoms with van der Waals surface area (Å²) in [6.45, 7) is 0.